The van der Waals surface area contributed by atoms with Crippen LogP contribution in [-0.2, 0) is 9.59 Å². The number of aryl methyl sites for hydroxylation is 2. The molecular weight excluding hydrogens is 358 g/mol. The number of likely N-dealkylation sites (N-methyl/N-ethyl adjacent to an activating group) is 2. The van der Waals surface area contributed by atoms with Crippen LogP contribution in [0.25, 0.3) is 0 Å². The van der Waals surface area contributed by atoms with Crippen molar-refractivity contribution in [1.82, 2.24) is 9.80 Å². The Morgan fingerprint density at radius 3 is 2.11 bits per heavy atom. The molecule has 2 amide bonds. The molecule has 2 rings (SSSR count). The fourth-order valence-corrected chi connectivity index (χ4v) is 3.31. The van der Waals surface area contributed by atoms with Gasteiger partial charge < -0.3 is 10.2 Å². The first-order valence-corrected chi connectivity index (χ1v) is 9.60. The molecule has 2 aromatic carbocycles. The number of nitrogens with zero attached hydrogens (tertiary/aromatic N) is 2. The first-order chi connectivity index (χ1) is 12.7. The zero-order chi connectivity index (χ0) is 20.0. The van der Waals surface area contributed by atoms with Gasteiger partial charge in [0, 0.05) is 29.6 Å². The zero-order valence-corrected chi connectivity index (χ0v) is 17.4. The van der Waals surface area contributed by atoms with E-state index in [0.29, 0.717) is 0 Å². The van der Waals surface area contributed by atoms with E-state index in [1.165, 1.54) is 20.9 Å². The molecule has 0 bridgehead atoms. The van der Waals surface area contributed by atoms with Crippen molar-refractivity contribution in [2.24, 2.45) is 0 Å². The third-order valence-corrected chi connectivity index (χ3v) is 5.17. The number of anilines is 1. The van der Waals surface area contributed by atoms with Gasteiger partial charge in [0.1, 0.15) is 0 Å². The standard InChI is InChI=1S/C21H27N3O2S/c1-15-6-9-19(12-16(15)2)27-18-10-7-17(8-11-18)22-20(25)13-24(5)14-21(26)23(3)4/h6-12H,13-14H2,1-5H3,(H,22,25). The Morgan fingerprint density at radius 2 is 1.52 bits per heavy atom. The predicted octanol–water partition coefficient (Wildman–Crippen LogP) is 3.41. The van der Waals surface area contributed by atoms with E-state index in [4.69, 9.17) is 0 Å². The molecule has 5 nitrogen and oxygen atoms in total. The Labute approximate surface area is 165 Å². The topological polar surface area (TPSA) is 52.7 Å². The van der Waals surface area contributed by atoms with Crippen LogP contribution in [0.15, 0.2) is 52.3 Å². The maximum atomic E-state index is 12.1. The summed E-state index contributed by atoms with van der Waals surface area (Å²) in [5.74, 6) is -0.170. The van der Waals surface area contributed by atoms with Gasteiger partial charge in [-0.25, -0.2) is 0 Å². The molecule has 0 heterocycles. The molecular formula is C21H27N3O2S. The second-order valence-electron chi connectivity index (χ2n) is 6.88. The molecule has 144 valence electrons. The number of hydrogen-bond acceptors (Lipinski definition) is 4. The number of amides is 2. The Morgan fingerprint density at radius 1 is 0.889 bits per heavy atom. The van der Waals surface area contributed by atoms with Crippen LogP contribution in [0.2, 0.25) is 0 Å². The number of carbonyl (C=O) groups excluding carboxylic acids is 2. The first-order valence-electron chi connectivity index (χ1n) is 8.78. The number of nitrogens with one attached hydrogen (secondary N) is 1. The maximum Gasteiger partial charge on any atom is 0.238 e. The summed E-state index contributed by atoms with van der Waals surface area (Å²) in [7, 11) is 5.16. The second-order valence-corrected chi connectivity index (χ2v) is 8.03. The minimum Gasteiger partial charge on any atom is -0.348 e. The first kappa shape index (κ1) is 21.0. The predicted molar refractivity (Wildman–Crippen MR) is 111 cm³/mol. The second kappa shape index (κ2) is 9.58. The molecule has 27 heavy (non-hydrogen) atoms. The van der Waals surface area contributed by atoms with Crippen LogP contribution in [0, 0.1) is 13.8 Å². The van der Waals surface area contributed by atoms with E-state index < -0.39 is 0 Å². The molecule has 2 aromatic rings. The van der Waals surface area contributed by atoms with Crippen LogP contribution in [0.5, 0.6) is 0 Å². The lowest BCUT2D eigenvalue weighted by atomic mass is 10.1. The van der Waals surface area contributed by atoms with Gasteiger partial charge in [0.2, 0.25) is 11.8 Å². The van der Waals surface area contributed by atoms with Crippen molar-refractivity contribution >= 4 is 29.3 Å². The van der Waals surface area contributed by atoms with Crippen molar-refractivity contribution < 1.29 is 9.59 Å². The van der Waals surface area contributed by atoms with E-state index >= 15 is 0 Å². The van der Waals surface area contributed by atoms with Crippen molar-refractivity contribution in [3.63, 3.8) is 0 Å². The molecule has 0 atom stereocenters. The van der Waals surface area contributed by atoms with Crippen molar-refractivity contribution in [2.75, 3.05) is 39.5 Å². The Balaban J connectivity index is 1.88. The van der Waals surface area contributed by atoms with E-state index in [1.807, 2.05) is 24.3 Å². The molecule has 0 saturated heterocycles. The molecule has 0 aromatic heterocycles. The highest BCUT2D eigenvalue weighted by atomic mass is 32.2. The average Bonchev–Trinajstić information content (AvgIpc) is 2.59. The smallest absolute Gasteiger partial charge is 0.238 e. The van der Waals surface area contributed by atoms with Crippen LogP contribution >= 0.6 is 11.8 Å². The van der Waals surface area contributed by atoms with E-state index in [9.17, 15) is 9.59 Å². The normalized spacial score (nSPS) is 10.7. The highest BCUT2D eigenvalue weighted by Gasteiger charge is 2.12. The summed E-state index contributed by atoms with van der Waals surface area (Å²) in [4.78, 5) is 29.3. The summed E-state index contributed by atoms with van der Waals surface area (Å²) >= 11 is 1.70. The summed E-state index contributed by atoms with van der Waals surface area (Å²) in [6, 6.07) is 14.2. The van der Waals surface area contributed by atoms with Crippen molar-refractivity contribution in [1.29, 1.82) is 0 Å². The fourth-order valence-electron chi connectivity index (χ4n) is 2.39. The summed E-state index contributed by atoms with van der Waals surface area (Å²) in [5, 5.41) is 2.87. The molecule has 0 unspecified atom stereocenters. The van der Waals surface area contributed by atoms with Crippen molar-refractivity contribution in [2.45, 2.75) is 23.6 Å². The summed E-state index contributed by atoms with van der Waals surface area (Å²) in [5.41, 5.74) is 3.31. The molecule has 0 fully saturated rings. The van der Waals surface area contributed by atoms with E-state index in [1.54, 1.807) is 37.8 Å². The van der Waals surface area contributed by atoms with Gasteiger partial charge in [0.25, 0.3) is 0 Å². The van der Waals surface area contributed by atoms with Crippen LogP contribution < -0.4 is 5.32 Å². The third kappa shape index (κ3) is 6.73. The fraction of sp³-hybridized carbons (Fsp3) is 0.333. The number of hydrogen-bond donors (Lipinski definition) is 1. The van der Waals surface area contributed by atoms with Gasteiger partial charge in [-0.05, 0) is 68.4 Å². The minimum atomic E-state index is -0.140. The van der Waals surface area contributed by atoms with Crippen molar-refractivity contribution in [3.8, 4) is 0 Å². The summed E-state index contributed by atoms with van der Waals surface area (Å²) in [6.07, 6.45) is 0. The number of benzene rings is 2. The average molecular weight is 386 g/mol. The number of carbonyl (C=O) groups is 2. The molecule has 6 heteroatoms. The lowest BCUT2D eigenvalue weighted by molar-refractivity contribution is -0.130. The highest BCUT2D eigenvalue weighted by molar-refractivity contribution is 7.99. The van der Waals surface area contributed by atoms with E-state index in [-0.39, 0.29) is 24.9 Å². The van der Waals surface area contributed by atoms with Crippen LogP contribution in [0.4, 0.5) is 5.69 Å². The monoisotopic (exact) mass is 385 g/mol. The molecule has 0 aliphatic carbocycles. The largest absolute Gasteiger partial charge is 0.348 e. The minimum absolute atomic E-state index is 0.0296. The summed E-state index contributed by atoms with van der Waals surface area (Å²) < 4.78 is 0. The third-order valence-electron chi connectivity index (χ3n) is 4.17. The molecule has 0 aliphatic rings. The van der Waals surface area contributed by atoms with E-state index in [0.717, 1.165) is 10.6 Å². The van der Waals surface area contributed by atoms with Gasteiger partial charge >= 0.3 is 0 Å². The summed E-state index contributed by atoms with van der Waals surface area (Å²) in [6.45, 7) is 4.60. The SMILES string of the molecule is Cc1ccc(Sc2ccc(NC(=O)CN(C)CC(=O)N(C)C)cc2)cc1C. The highest BCUT2D eigenvalue weighted by Crippen LogP contribution is 2.29. The van der Waals surface area contributed by atoms with Gasteiger partial charge in [0.15, 0.2) is 0 Å². The zero-order valence-electron chi connectivity index (χ0n) is 16.6. The van der Waals surface area contributed by atoms with Crippen LogP contribution in [0.1, 0.15) is 11.1 Å². The Kier molecular flexibility index (Phi) is 7.45. The molecule has 0 aliphatic heterocycles. The van der Waals surface area contributed by atoms with Crippen molar-refractivity contribution in [3.05, 3.63) is 53.6 Å². The van der Waals surface area contributed by atoms with Crippen LogP contribution in [0.3, 0.4) is 0 Å². The van der Waals surface area contributed by atoms with Crippen LogP contribution in [-0.4, -0.2) is 55.8 Å². The van der Waals surface area contributed by atoms with Gasteiger partial charge in [-0.1, -0.05) is 17.8 Å². The molecule has 1 N–H and O–H groups in total. The van der Waals surface area contributed by atoms with Gasteiger partial charge in [-0.15, -0.1) is 0 Å². The number of rotatable bonds is 7. The quantitative estimate of drug-likeness (QED) is 0.794. The molecule has 0 spiro atoms. The molecule has 0 radical (unpaired) electrons. The Bertz CT molecular complexity index is 804. The Hall–Kier alpha value is -2.31. The maximum absolute atomic E-state index is 12.1. The lowest BCUT2D eigenvalue weighted by Gasteiger charge is -2.18. The van der Waals surface area contributed by atoms with Gasteiger partial charge in [0.05, 0.1) is 13.1 Å². The van der Waals surface area contributed by atoms with Gasteiger partial charge in [-0.3, -0.25) is 14.5 Å². The molecule has 0 saturated carbocycles. The van der Waals surface area contributed by atoms with E-state index in [2.05, 4.69) is 37.4 Å². The van der Waals surface area contributed by atoms with Gasteiger partial charge in [-0.2, -0.15) is 0 Å². The lowest BCUT2D eigenvalue weighted by Crippen LogP contribution is -2.38.